The van der Waals surface area contributed by atoms with Crippen molar-refractivity contribution in [3.8, 4) is 0 Å². The van der Waals surface area contributed by atoms with E-state index in [2.05, 4.69) is 26.0 Å². The Hall–Kier alpha value is -0.260. The summed E-state index contributed by atoms with van der Waals surface area (Å²) in [6.07, 6.45) is 29.8. The molecule has 0 saturated carbocycles. The zero-order valence-corrected chi connectivity index (χ0v) is 15.6. The molecule has 0 aromatic carbocycles. The first-order valence-electron chi connectivity index (χ1n) is 10.4. The van der Waals surface area contributed by atoms with Gasteiger partial charge in [-0.2, -0.15) is 0 Å². The topological polar surface area (TPSA) is 0 Å². The van der Waals surface area contributed by atoms with Crippen LogP contribution in [0.25, 0.3) is 0 Å². The lowest BCUT2D eigenvalue weighted by atomic mass is 10.1. The van der Waals surface area contributed by atoms with Gasteiger partial charge >= 0.3 is 0 Å². The molecule has 0 unspecified atom stereocenters. The molecule has 0 aromatic rings. The van der Waals surface area contributed by atoms with E-state index in [1.54, 1.807) is 0 Å². The van der Waals surface area contributed by atoms with Gasteiger partial charge in [0.05, 0.1) is 0 Å². The van der Waals surface area contributed by atoms with E-state index in [-0.39, 0.29) is 0 Å². The van der Waals surface area contributed by atoms with E-state index in [0.717, 1.165) is 6.42 Å². The van der Waals surface area contributed by atoms with Crippen molar-refractivity contribution in [2.24, 2.45) is 0 Å². The molecule has 0 aromatic heterocycles. The second-order valence-electron chi connectivity index (χ2n) is 6.85. The van der Waals surface area contributed by atoms with Crippen LogP contribution < -0.4 is 0 Å². The Morgan fingerprint density at radius 3 is 1.27 bits per heavy atom. The summed E-state index contributed by atoms with van der Waals surface area (Å²) in [6.45, 7) is 6.18. The predicted molar refractivity (Wildman–Crippen MR) is 103 cm³/mol. The van der Waals surface area contributed by atoms with Crippen molar-refractivity contribution in [3.05, 3.63) is 19.1 Å². The van der Waals surface area contributed by atoms with Crippen molar-refractivity contribution < 1.29 is 0 Å². The lowest BCUT2D eigenvalue weighted by Crippen LogP contribution is -1.81. The number of unbranched alkanes of at least 4 members (excludes halogenated alkanes) is 16. The summed E-state index contributed by atoms with van der Waals surface area (Å²) >= 11 is 0. The fourth-order valence-corrected chi connectivity index (χ4v) is 2.95. The highest BCUT2D eigenvalue weighted by Gasteiger charge is 1.92. The van der Waals surface area contributed by atoms with Gasteiger partial charge in [0.15, 0.2) is 0 Å². The van der Waals surface area contributed by atoms with E-state index in [4.69, 9.17) is 0 Å². The molecule has 0 bridgehead atoms. The molecule has 0 spiro atoms. The average molecular weight is 308 g/mol. The second-order valence-corrected chi connectivity index (χ2v) is 6.85. The Labute approximate surface area is 142 Å². The summed E-state index contributed by atoms with van der Waals surface area (Å²) in [5.41, 5.74) is 0. The molecule has 0 amide bonds. The average Bonchev–Trinajstić information content (AvgIpc) is 2.54. The van der Waals surface area contributed by atoms with E-state index in [0.29, 0.717) is 0 Å². The Bertz CT molecular complexity index is 204. The normalized spacial score (nSPS) is 11.5. The molecule has 0 heteroatoms. The van der Waals surface area contributed by atoms with Crippen molar-refractivity contribution in [1.29, 1.82) is 0 Å². The minimum atomic E-state index is 1.11. The molecule has 0 aliphatic rings. The minimum Gasteiger partial charge on any atom is -0.0885 e. The lowest BCUT2D eigenvalue weighted by molar-refractivity contribution is 0.566. The number of hydrogen-bond donors (Lipinski definition) is 0. The molecule has 0 N–H and O–H groups in total. The van der Waals surface area contributed by atoms with Crippen molar-refractivity contribution in [1.82, 2.24) is 0 Å². The summed E-state index contributed by atoms with van der Waals surface area (Å²) < 4.78 is 0. The van der Waals surface area contributed by atoms with Crippen molar-refractivity contribution in [2.75, 3.05) is 0 Å². The summed E-state index contributed by atoms with van der Waals surface area (Å²) in [6, 6.07) is 0. The molecule has 0 fully saturated rings. The summed E-state index contributed by atoms with van der Waals surface area (Å²) in [7, 11) is 0. The van der Waals surface area contributed by atoms with Crippen LogP contribution >= 0.6 is 0 Å². The maximum Gasteiger partial charge on any atom is -0.0351 e. The van der Waals surface area contributed by atoms with Crippen LogP contribution in [0.5, 0.6) is 0 Å². The van der Waals surface area contributed by atoms with Crippen LogP contribution in [0, 0.1) is 6.92 Å². The van der Waals surface area contributed by atoms with Crippen LogP contribution in [0.1, 0.15) is 122 Å². The van der Waals surface area contributed by atoms with Crippen LogP contribution in [0.4, 0.5) is 0 Å². The first kappa shape index (κ1) is 21.7. The van der Waals surface area contributed by atoms with Crippen LogP contribution in [-0.4, -0.2) is 0 Å². The molecule has 0 aliphatic heterocycles. The maximum absolute atomic E-state index is 3.89. The van der Waals surface area contributed by atoms with Gasteiger partial charge in [-0.3, -0.25) is 0 Å². The zero-order valence-electron chi connectivity index (χ0n) is 15.6. The van der Waals surface area contributed by atoms with Crippen molar-refractivity contribution >= 4 is 0 Å². The van der Waals surface area contributed by atoms with Crippen molar-refractivity contribution in [2.45, 2.75) is 122 Å². The lowest BCUT2D eigenvalue weighted by Gasteiger charge is -2.01. The van der Waals surface area contributed by atoms with E-state index in [9.17, 15) is 0 Å². The monoisotopic (exact) mass is 307 g/mol. The molecule has 1 radical (unpaired) electrons. The quantitative estimate of drug-likeness (QED) is 0.176. The molecular weight excluding hydrogens is 264 g/mol. The third-order valence-corrected chi connectivity index (χ3v) is 4.51. The van der Waals surface area contributed by atoms with E-state index in [1.165, 1.54) is 109 Å². The SMILES string of the molecule is [CH2]CCCCCCCCC=CCCCCCCCCCCC. The van der Waals surface area contributed by atoms with Gasteiger partial charge in [-0.15, -0.1) is 0 Å². The van der Waals surface area contributed by atoms with Crippen LogP contribution in [0.2, 0.25) is 0 Å². The van der Waals surface area contributed by atoms with Gasteiger partial charge in [-0.05, 0) is 25.7 Å². The predicted octanol–water partition coefficient (Wildman–Crippen LogP) is 8.42. The van der Waals surface area contributed by atoms with Gasteiger partial charge in [0.2, 0.25) is 0 Å². The van der Waals surface area contributed by atoms with Crippen LogP contribution in [0.15, 0.2) is 12.2 Å². The molecule has 0 atom stereocenters. The Morgan fingerprint density at radius 2 is 0.864 bits per heavy atom. The molecular formula is C22H43. The van der Waals surface area contributed by atoms with Crippen molar-refractivity contribution in [3.63, 3.8) is 0 Å². The number of allylic oxidation sites excluding steroid dienone is 2. The highest BCUT2D eigenvalue weighted by atomic mass is 14.0. The van der Waals surface area contributed by atoms with Gasteiger partial charge in [0.1, 0.15) is 0 Å². The standard InChI is InChI=1S/C22H43/c1-3-5-7-9-11-13-15-17-19-21-22-20-18-16-14-12-10-8-6-4-2/h19,21H,1,3-18,20,22H2,2H3. The first-order valence-corrected chi connectivity index (χ1v) is 10.4. The van der Waals surface area contributed by atoms with Crippen LogP contribution in [-0.2, 0) is 0 Å². The molecule has 0 saturated heterocycles. The number of rotatable bonds is 18. The highest BCUT2D eigenvalue weighted by Crippen LogP contribution is 2.11. The largest absolute Gasteiger partial charge is 0.0885 e. The third-order valence-electron chi connectivity index (χ3n) is 4.51. The van der Waals surface area contributed by atoms with Crippen LogP contribution in [0.3, 0.4) is 0 Å². The molecule has 0 aliphatic carbocycles. The first-order chi connectivity index (χ1) is 10.9. The fraction of sp³-hybridized carbons (Fsp3) is 0.864. The van der Waals surface area contributed by atoms with E-state index < -0.39 is 0 Å². The summed E-state index contributed by atoms with van der Waals surface area (Å²) in [5, 5.41) is 0. The molecule has 131 valence electrons. The smallest absolute Gasteiger partial charge is 0.0351 e. The van der Waals surface area contributed by atoms with E-state index in [1.807, 2.05) is 0 Å². The fourth-order valence-electron chi connectivity index (χ4n) is 2.95. The summed E-state index contributed by atoms with van der Waals surface area (Å²) in [5.74, 6) is 0. The van der Waals surface area contributed by atoms with Gasteiger partial charge in [-0.1, -0.05) is 116 Å². The molecule has 0 heterocycles. The maximum atomic E-state index is 3.89. The molecule has 22 heavy (non-hydrogen) atoms. The molecule has 0 rings (SSSR count). The van der Waals surface area contributed by atoms with Gasteiger partial charge in [0, 0.05) is 0 Å². The third kappa shape index (κ3) is 19.7. The van der Waals surface area contributed by atoms with Gasteiger partial charge in [-0.25, -0.2) is 0 Å². The second kappa shape index (κ2) is 20.7. The van der Waals surface area contributed by atoms with Gasteiger partial charge < -0.3 is 0 Å². The Kier molecular flexibility index (Phi) is 20.5. The number of hydrogen-bond acceptors (Lipinski definition) is 0. The minimum absolute atomic E-state index is 1.11. The summed E-state index contributed by atoms with van der Waals surface area (Å²) in [4.78, 5) is 0. The van der Waals surface area contributed by atoms with Gasteiger partial charge in [0.25, 0.3) is 0 Å². The Balaban J connectivity index is 3.02. The molecule has 0 nitrogen and oxygen atoms in total. The zero-order chi connectivity index (χ0) is 16.1. The Morgan fingerprint density at radius 1 is 0.500 bits per heavy atom. The van der Waals surface area contributed by atoms with E-state index >= 15 is 0 Å². The highest BCUT2D eigenvalue weighted by molar-refractivity contribution is 4.81.